The molecule has 6 heteroatoms. The molecule has 110 valence electrons. The largest absolute Gasteiger partial charge is 0.329 e. The highest BCUT2D eigenvalue weighted by Crippen LogP contribution is 2.41. The fraction of sp³-hybridized carbons (Fsp3) is 0.400. The van der Waals surface area contributed by atoms with Gasteiger partial charge >= 0.3 is 5.69 Å². The number of nitro groups is 1. The zero-order valence-electron chi connectivity index (χ0n) is 11.8. The number of nitrogens with zero attached hydrogens (tertiary/aromatic N) is 3. The maximum Gasteiger partial charge on any atom is 0.329 e. The molecule has 1 aliphatic carbocycles. The van der Waals surface area contributed by atoms with Gasteiger partial charge in [0.05, 0.1) is 10.6 Å². The molecule has 0 N–H and O–H groups in total. The number of halogens is 1. The van der Waals surface area contributed by atoms with Gasteiger partial charge in [-0.05, 0) is 31.4 Å². The summed E-state index contributed by atoms with van der Waals surface area (Å²) in [5.41, 5.74) is 2.27. The minimum absolute atomic E-state index is 0.0354. The van der Waals surface area contributed by atoms with Gasteiger partial charge in [-0.1, -0.05) is 42.6 Å². The minimum Gasteiger partial charge on any atom is -0.258 e. The predicted octanol–water partition coefficient (Wildman–Crippen LogP) is 4.40. The molecule has 21 heavy (non-hydrogen) atoms. The number of para-hydroxylation sites is 1. The molecule has 0 amide bonds. The van der Waals surface area contributed by atoms with E-state index in [0.29, 0.717) is 5.69 Å². The van der Waals surface area contributed by atoms with Crippen LogP contribution in [0.5, 0.6) is 0 Å². The summed E-state index contributed by atoms with van der Waals surface area (Å²) >= 11 is 6.27. The Bertz CT molecular complexity index is 690. The Balaban J connectivity index is 2.17. The van der Waals surface area contributed by atoms with E-state index in [0.717, 1.165) is 36.9 Å². The van der Waals surface area contributed by atoms with Crippen molar-refractivity contribution >= 4 is 17.3 Å². The van der Waals surface area contributed by atoms with Crippen LogP contribution >= 0.6 is 11.6 Å². The van der Waals surface area contributed by atoms with Crippen LogP contribution in [0.4, 0.5) is 5.69 Å². The van der Waals surface area contributed by atoms with E-state index in [1.807, 2.05) is 31.2 Å². The summed E-state index contributed by atoms with van der Waals surface area (Å²) in [4.78, 5) is 11.0. The van der Waals surface area contributed by atoms with Crippen molar-refractivity contribution in [1.29, 1.82) is 0 Å². The van der Waals surface area contributed by atoms with Crippen LogP contribution in [0.25, 0.3) is 5.69 Å². The molecule has 2 aromatic rings. The lowest BCUT2D eigenvalue weighted by molar-refractivity contribution is -0.385. The van der Waals surface area contributed by atoms with E-state index < -0.39 is 4.92 Å². The van der Waals surface area contributed by atoms with Crippen LogP contribution in [0.2, 0.25) is 5.15 Å². The average Bonchev–Trinajstić information content (AvgIpc) is 3.06. The molecular weight excluding hydrogens is 290 g/mol. The first-order valence-electron chi connectivity index (χ1n) is 7.08. The van der Waals surface area contributed by atoms with E-state index in [9.17, 15) is 10.1 Å². The number of aryl methyl sites for hydroxylation is 1. The van der Waals surface area contributed by atoms with Crippen molar-refractivity contribution < 1.29 is 4.92 Å². The average molecular weight is 306 g/mol. The lowest BCUT2D eigenvalue weighted by atomic mass is 10.0. The van der Waals surface area contributed by atoms with Gasteiger partial charge in [0.15, 0.2) is 0 Å². The Morgan fingerprint density at radius 2 is 2.00 bits per heavy atom. The van der Waals surface area contributed by atoms with Crippen molar-refractivity contribution in [3.05, 3.63) is 50.8 Å². The fourth-order valence-corrected chi connectivity index (χ4v) is 3.30. The third-order valence-electron chi connectivity index (χ3n) is 4.10. The highest BCUT2D eigenvalue weighted by molar-refractivity contribution is 6.32. The lowest BCUT2D eigenvalue weighted by Gasteiger charge is -2.06. The van der Waals surface area contributed by atoms with Crippen molar-refractivity contribution in [3.8, 4) is 5.69 Å². The van der Waals surface area contributed by atoms with Gasteiger partial charge in [-0.2, -0.15) is 5.10 Å². The van der Waals surface area contributed by atoms with Crippen LogP contribution in [-0.4, -0.2) is 14.7 Å². The van der Waals surface area contributed by atoms with E-state index in [2.05, 4.69) is 5.10 Å². The van der Waals surface area contributed by atoms with Crippen molar-refractivity contribution in [2.75, 3.05) is 0 Å². The first kappa shape index (κ1) is 14.1. The summed E-state index contributed by atoms with van der Waals surface area (Å²) in [5.74, 6) is 0.146. The molecule has 0 aliphatic heterocycles. The summed E-state index contributed by atoms with van der Waals surface area (Å²) < 4.78 is 1.50. The van der Waals surface area contributed by atoms with Gasteiger partial charge in [-0.25, -0.2) is 4.68 Å². The molecule has 1 fully saturated rings. The molecule has 5 nitrogen and oxygen atoms in total. The van der Waals surface area contributed by atoms with E-state index in [1.54, 1.807) is 0 Å². The van der Waals surface area contributed by atoms with Crippen molar-refractivity contribution in [3.63, 3.8) is 0 Å². The van der Waals surface area contributed by atoms with E-state index in [-0.39, 0.29) is 16.8 Å². The molecule has 1 aliphatic rings. The summed E-state index contributed by atoms with van der Waals surface area (Å²) in [6.07, 6.45) is 4.08. The molecule has 0 spiro atoms. The molecule has 1 heterocycles. The van der Waals surface area contributed by atoms with Gasteiger partial charge in [-0.3, -0.25) is 10.1 Å². The lowest BCUT2D eigenvalue weighted by Crippen LogP contribution is -2.01. The summed E-state index contributed by atoms with van der Waals surface area (Å²) in [7, 11) is 0. The van der Waals surface area contributed by atoms with Gasteiger partial charge in [0.25, 0.3) is 0 Å². The quantitative estimate of drug-likeness (QED) is 0.623. The maximum atomic E-state index is 11.4. The van der Waals surface area contributed by atoms with Crippen LogP contribution in [0.1, 0.15) is 42.9 Å². The minimum atomic E-state index is -0.405. The molecular formula is C15H16ClN3O2. The molecule has 0 atom stereocenters. The van der Waals surface area contributed by atoms with Crippen LogP contribution in [-0.2, 0) is 0 Å². The molecule has 1 aromatic heterocycles. The monoisotopic (exact) mass is 305 g/mol. The topological polar surface area (TPSA) is 61.0 Å². The van der Waals surface area contributed by atoms with Gasteiger partial charge < -0.3 is 0 Å². The summed E-state index contributed by atoms with van der Waals surface area (Å²) in [6, 6.07) is 7.61. The summed E-state index contributed by atoms with van der Waals surface area (Å²) in [5, 5.41) is 16.0. The molecule has 0 unspecified atom stereocenters. The van der Waals surface area contributed by atoms with Crippen molar-refractivity contribution in [2.45, 2.75) is 38.5 Å². The van der Waals surface area contributed by atoms with E-state index in [1.165, 1.54) is 4.68 Å². The van der Waals surface area contributed by atoms with Crippen LogP contribution in [0.15, 0.2) is 24.3 Å². The molecule has 0 radical (unpaired) electrons. The van der Waals surface area contributed by atoms with Gasteiger partial charge in [0.1, 0.15) is 5.69 Å². The Morgan fingerprint density at radius 1 is 1.33 bits per heavy atom. The Hall–Kier alpha value is -1.88. The number of hydrogen-bond acceptors (Lipinski definition) is 3. The normalized spacial score (nSPS) is 15.5. The summed E-state index contributed by atoms with van der Waals surface area (Å²) in [6.45, 7) is 1.94. The van der Waals surface area contributed by atoms with Crippen LogP contribution < -0.4 is 0 Å². The SMILES string of the molecule is Cc1ccccc1-n1nc(C2CCCC2)c([N+](=O)[O-])c1Cl. The third kappa shape index (κ3) is 2.42. The van der Waals surface area contributed by atoms with Crippen molar-refractivity contribution in [2.24, 2.45) is 0 Å². The molecule has 1 aromatic carbocycles. The second kappa shape index (κ2) is 5.48. The van der Waals surface area contributed by atoms with E-state index in [4.69, 9.17) is 11.6 Å². The molecule has 1 saturated carbocycles. The zero-order chi connectivity index (χ0) is 15.0. The van der Waals surface area contributed by atoms with Gasteiger partial charge in [0, 0.05) is 5.92 Å². The Kier molecular flexibility index (Phi) is 3.68. The smallest absolute Gasteiger partial charge is 0.258 e. The highest BCUT2D eigenvalue weighted by Gasteiger charge is 2.33. The Morgan fingerprint density at radius 3 is 2.62 bits per heavy atom. The van der Waals surface area contributed by atoms with Crippen LogP contribution in [0.3, 0.4) is 0 Å². The highest BCUT2D eigenvalue weighted by atomic mass is 35.5. The number of rotatable bonds is 3. The van der Waals surface area contributed by atoms with Crippen LogP contribution in [0, 0.1) is 17.0 Å². The third-order valence-corrected chi connectivity index (χ3v) is 4.44. The standard InChI is InChI=1S/C15H16ClN3O2/c1-10-6-2-5-9-12(10)18-15(16)14(19(20)21)13(17-18)11-7-3-4-8-11/h2,5-6,9,11H,3-4,7-8H2,1H3. The number of hydrogen-bond donors (Lipinski definition) is 0. The number of benzene rings is 1. The predicted molar refractivity (Wildman–Crippen MR) is 81.2 cm³/mol. The maximum absolute atomic E-state index is 11.4. The molecule has 0 saturated heterocycles. The molecule has 0 bridgehead atoms. The second-order valence-electron chi connectivity index (χ2n) is 5.46. The van der Waals surface area contributed by atoms with Gasteiger partial charge in [-0.15, -0.1) is 0 Å². The molecule has 3 rings (SSSR count). The van der Waals surface area contributed by atoms with Gasteiger partial charge in [0.2, 0.25) is 5.15 Å². The fourth-order valence-electron chi connectivity index (χ4n) is 3.01. The first-order valence-corrected chi connectivity index (χ1v) is 7.46. The Labute approximate surface area is 127 Å². The second-order valence-corrected chi connectivity index (χ2v) is 5.82. The zero-order valence-corrected chi connectivity index (χ0v) is 12.5. The van der Waals surface area contributed by atoms with Crippen molar-refractivity contribution in [1.82, 2.24) is 9.78 Å². The first-order chi connectivity index (χ1) is 10.1. The number of aromatic nitrogens is 2. The van der Waals surface area contributed by atoms with E-state index >= 15 is 0 Å².